The van der Waals surface area contributed by atoms with Crippen molar-refractivity contribution in [1.29, 1.82) is 0 Å². The van der Waals surface area contributed by atoms with E-state index in [0.717, 1.165) is 23.1 Å². The van der Waals surface area contributed by atoms with Crippen LogP contribution in [0.5, 0.6) is 5.75 Å². The fourth-order valence-corrected chi connectivity index (χ4v) is 2.62. The highest BCUT2D eigenvalue weighted by Crippen LogP contribution is 2.24. The topological polar surface area (TPSA) is 106 Å². The maximum Gasteiger partial charge on any atom is 0.277 e. The van der Waals surface area contributed by atoms with Gasteiger partial charge in [-0.2, -0.15) is 0 Å². The highest BCUT2D eigenvalue weighted by atomic mass is 32.2. The Morgan fingerprint density at radius 3 is 2.62 bits per heavy atom. The lowest BCUT2D eigenvalue weighted by Crippen LogP contribution is -2.45. The molecule has 26 heavy (non-hydrogen) atoms. The Balaban J connectivity index is 1.86. The smallest absolute Gasteiger partial charge is 0.277 e. The maximum absolute atomic E-state index is 11.9. The number of carbonyl (C=O) groups excluding carboxylic acids is 2. The number of ether oxygens (including phenoxy) is 1. The Labute approximate surface area is 156 Å². The van der Waals surface area contributed by atoms with Gasteiger partial charge in [0.2, 0.25) is 17.7 Å². The summed E-state index contributed by atoms with van der Waals surface area (Å²) in [5.74, 6) is 0.709. The van der Waals surface area contributed by atoms with Crippen LogP contribution in [0.1, 0.15) is 20.8 Å². The van der Waals surface area contributed by atoms with Gasteiger partial charge in [0, 0.05) is 12.1 Å². The van der Waals surface area contributed by atoms with Gasteiger partial charge in [0.1, 0.15) is 11.8 Å². The van der Waals surface area contributed by atoms with Crippen LogP contribution < -0.4 is 15.4 Å². The van der Waals surface area contributed by atoms with E-state index in [0.29, 0.717) is 19.0 Å². The zero-order valence-corrected chi connectivity index (χ0v) is 15.8. The number of hydrogen-bond donors (Lipinski definition) is 2. The lowest BCUT2D eigenvalue weighted by Gasteiger charge is -2.12. The SMILES string of the molecule is CCNC(=O)[C@H](C)NC(=O)CSc1nnc(-c2ccc(OCC)cc2)o1. The van der Waals surface area contributed by atoms with Gasteiger partial charge in [-0.15, -0.1) is 10.2 Å². The highest BCUT2D eigenvalue weighted by Gasteiger charge is 2.16. The van der Waals surface area contributed by atoms with E-state index in [1.54, 1.807) is 6.92 Å². The zero-order chi connectivity index (χ0) is 18.9. The summed E-state index contributed by atoms with van der Waals surface area (Å²) in [6.07, 6.45) is 0. The second-order valence-electron chi connectivity index (χ2n) is 5.30. The summed E-state index contributed by atoms with van der Waals surface area (Å²) in [6, 6.07) is 6.71. The number of amides is 2. The number of thioether (sulfide) groups is 1. The van der Waals surface area contributed by atoms with Crippen LogP contribution in [0.2, 0.25) is 0 Å². The van der Waals surface area contributed by atoms with Crippen LogP contribution in [0, 0.1) is 0 Å². The van der Waals surface area contributed by atoms with E-state index < -0.39 is 6.04 Å². The first-order valence-corrected chi connectivity index (χ1v) is 9.28. The maximum atomic E-state index is 11.9. The molecule has 0 aliphatic rings. The van der Waals surface area contributed by atoms with Crippen LogP contribution in [-0.2, 0) is 9.59 Å². The van der Waals surface area contributed by atoms with Crippen LogP contribution >= 0.6 is 11.8 Å². The van der Waals surface area contributed by atoms with Gasteiger partial charge < -0.3 is 19.8 Å². The number of likely N-dealkylation sites (N-methyl/N-ethyl adjacent to an activating group) is 1. The van der Waals surface area contributed by atoms with Crippen molar-refractivity contribution in [1.82, 2.24) is 20.8 Å². The number of nitrogens with one attached hydrogen (secondary N) is 2. The Morgan fingerprint density at radius 1 is 1.23 bits per heavy atom. The average Bonchev–Trinajstić information content (AvgIpc) is 3.10. The number of nitrogens with zero attached hydrogens (tertiary/aromatic N) is 2. The third kappa shape index (κ3) is 5.76. The molecule has 0 saturated carbocycles. The number of aromatic nitrogens is 2. The predicted molar refractivity (Wildman–Crippen MR) is 97.9 cm³/mol. The van der Waals surface area contributed by atoms with Crippen molar-refractivity contribution in [3.8, 4) is 17.2 Å². The van der Waals surface area contributed by atoms with Gasteiger partial charge in [-0.1, -0.05) is 11.8 Å². The molecule has 2 N–H and O–H groups in total. The molecule has 8 nitrogen and oxygen atoms in total. The third-order valence-corrected chi connectivity index (χ3v) is 4.09. The van der Waals surface area contributed by atoms with Gasteiger partial charge in [0.15, 0.2) is 0 Å². The lowest BCUT2D eigenvalue weighted by molar-refractivity contribution is -0.127. The van der Waals surface area contributed by atoms with E-state index in [4.69, 9.17) is 9.15 Å². The Kier molecular flexibility index (Phi) is 7.46. The van der Waals surface area contributed by atoms with Crippen LogP contribution in [0.15, 0.2) is 33.9 Å². The van der Waals surface area contributed by atoms with Gasteiger partial charge in [0.25, 0.3) is 5.22 Å². The van der Waals surface area contributed by atoms with Crippen molar-refractivity contribution in [2.75, 3.05) is 18.9 Å². The molecular formula is C17H22N4O4S. The van der Waals surface area contributed by atoms with Gasteiger partial charge in [-0.25, -0.2) is 0 Å². The number of carbonyl (C=O) groups is 2. The minimum absolute atomic E-state index is 0.0780. The Hall–Kier alpha value is -2.55. The Bertz CT molecular complexity index is 733. The summed E-state index contributed by atoms with van der Waals surface area (Å²) >= 11 is 1.11. The van der Waals surface area contributed by atoms with E-state index >= 15 is 0 Å². The number of hydrogen-bond acceptors (Lipinski definition) is 7. The van der Waals surface area contributed by atoms with Crippen LogP contribution in [0.4, 0.5) is 0 Å². The molecule has 0 aliphatic carbocycles. The normalized spacial score (nSPS) is 11.7. The molecule has 0 aliphatic heterocycles. The van der Waals surface area contributed by atoms with Crippen molar-refractivity contribution >= 4 is 23.6 Å². The minimum Gasteiger partial charge on any atom is -0.494 e. The van der Waals surface area contributed by atoms with E-state index in [-0.39, 0.29) is 22.8 Å². The fraction of sp³-hybridized carbons (Fsp3) is 0.412. The molecule has 0 radical (unpaired) electrons. The lowest BCUT2D eigenvalue weighted by atomic mass is 10.2. The fourth-order valence-electron chi connectivity index (χ4n) is 2.05. The largest absolute Gasteiger partial charge is 0.494 e. The summed E-state index contributed by atoms with van der Waals surface area (Å²) in [7, 11) is 0. The molecule has 0 saturated heterocycles. The second-order valence-corrected chi connectivity index (χ2v) is 6.23. The highest BCUT2D eigenvalue weighted by molar-refractivity contribution is 7.99. The molecule has 1 atom stereocenters. The standard InChI is InChI=1S/C17H22N4O4S/c1-4-18-15(23)11(3)19-14(22)10-26-17-21-20-16(25-17)12-6-8-13(9-7-12)24-5-2/h6-9,11H,4-5,10H2,1-3H3,(H,18,23)(H,19,22)/t11-/m0/s1. The van der Waals surface area contributed by atoms with Crippen molar-refractivity contribution in [2.45, 2.75) is 32.0 Å². The summed E-state index contributed by atoms with van der Waals surface area (Å²) in [5.41, 5.74) is 0.766. The molecule has 2 aromatic rings. The van der Waals surface area contributed by atoms with E-state index in [9.17, 15) is 9.59 Å². The Morgan fingerprint density at radius 2 is 1.96 bits per heavy atom. The molecular weight excluding hydrogens is 356 g/mol. The first kappa shape index (κ1) is 19.8. The molecule has 2 amide bonds. The quantitative estimate of drug-likeness (QED) is 0.642. The molecule has 2 rings (SSSR count). The molecule has 1 aromatic heterocycles. The zero-order valence-electron chi connectivity index (χ0n) is 14.9. The van der Waals surface area contributed by atoms with Crippen molar-refractivity contribution < 1.29 is 18.7 Å². The molecule has 1 aromatic carbocycles. The number of benzene rings is 1. The van der Waals surface area contributed by atoms with Gasteiger partial charge in [-0.05, 0) is 45.0 Å². The monoisotopic (exact) mass is 378 g/mol. The first-order valence-electron chi connectivity index (χ1n) is 8.30. The molecule has 9 heteroatoms. The summed E-state index contributed by atoms with van der Waals surface area (Å²) < 4.78 is 10.9. The summed E-state index contributed by atoms with van der Waals surface area (Å²) in [4.78, 5) is 23.5. The first-order chi connectivity index (χ1) is 12.5. The molecule has 0 fully saturated rings. The molecule has 140 valence electrons. The molecule has 0 spiro atoms. The van der Waals surface area contributed by atoms with Gasteiger partial charge in [0.05, 0.1) is 12.4 Å². The number of rotatable bonds is 9. The van der Waals surface area contributed by atoms with Crippen LogP contribution in [0.25, 0.3) is 11.5 Å². The van der Waals surface area contributed by atoms with E-state index in [1.807, 2.05) is 38.1 Å². The minimum atomic E-state index is -0.592. The van der Waals surface area contributed by atoms with Gasteiger partial charge >= 0.3 is 0 Å². The summed E-state index contributed by atoms with van der Waals surface area (Å²) in [5, 5.41) is 13.5. The average molecular weight is 378 g/mol. The van der Waals surface area contributed by atoms with Crippen molar-refractivity contribution in [2.24, 2.45) is 0 Å². The second kappa shape index (κ2) is 9.81. The third-order valence-electron chi connectivity index (χ3n) is 3.27. The van der Waals surface area contributed by atoms with Crippen LogP contribution in [0.3, 0.4) is 0 Å². The molecule has 1 heterocycles. The predicted octanol–water partition coefficient (Wildman–Crippen LogP) is 1.87. The van der Waals surface area contributed by atoms with Gasteiger partial charge in [-0.3, -0.25) is 9.59 Å². The van der Waals surface area contributed by atoms with Crippen molar-refractivity contribution in [3.63, 3.8) is 0 Å². The van der Waals surface area contributed by atoms with E-state index in [1.165, 1.54) is 0 Å². The summed E-state index contributed by atoms with van der Waals surface area (Å²) in [6.45, 7) is 6.48. The van der Waals surface area contributed by atoms with Crippen LogP contribution in [-0.4, -0.2) is 47.0 Å². The molecule has 0 bridgehead atoms. The van der Waals surface area contributed by atoms with E-state index in [2.05, 4.69) is 20.8 Å². The van der Waals surface area contributed by atoms with Crippen molar-refractivity contribution in [3.05, 3.63) is 24.3 Å². The molecule has 0 unspecified atom stereocenters.